The Kier molecular flexibility index (Phi) is 3.99. The average molecular weight is 261 g/mol. The lowest BCUT2D eigenvalue weighted by molar-refractivity contribution is -0.117. The van der Waals surface area contributed by atoms with Crippen LogP contribution >= 0.6 is 11.3 Å². The molecule has 18 heavy (non-hydrogen) atoms. The molecule has 1 N–H and O–H groups in total. The molecule has 0 saturated carbocycles. The largest absolute Gasteiger partial charge is 0.462 e. The maximum Gasteiger partial charge on any atom is 0.244 e. The van der Waals surface area contributed by atoms with E-state index in [1.165, 1.54) is 6.08 Å². The molecule has 0 radical (unpaired) electrons. The molecule has 2 aromatic rings. The minimum absolute atomic E-state index is 0.0282. The van der Waals surface area contributed by atoms with Crippen molar-refractivity contribution in [2.24, 2.45) is 0 Å². The number of furan rings is 1. The van der Waals surface area contributed by atoms with E-state index in [0.717, 1.165) is 10.6 Å². The van der Waals surface area contributed by atoms with Gasteiger partial charge in [0.15, 0.2) is 0 Å². The van der Waals surface area contributed by atoms with Crippen molar-refractivity contribution in [2.75, 3.05) is 0 Å². The maximum atomic E-state index is 11.7. The molecule has 0 aliphatic rings. The second-order valence-electron chi connectivity index (χ2n) is 4.03. The zero-order valence-electron chi connectivity index (χ0n) is 10.3. The van der Waals surface area contributed by atoms with E-state index in [9.17, 15) is 4.79 Å². The van der Waals surface area contributed by atoms with Gasteiger partial charge in [0.05, 0.1) is 6.04 Å². The van der Waals surface area contributed by atoms with Crippen LogP contribution in [0, 0.1) is 6.92 Å². The van der Waals surface area contributed by atoms with E-state index in [1.54, 1.807) is 17.4 Å². The van der Waals surface area contributed by atoms with Gasteiger partial charge in [0.1, 0.15) is 11.5 Å². The number of carbonyl (C=O) groups is 1. The van der Waals surface area contributed by atoms with Crippen molar-refractivity contribution in [1.29, 1.82) is 0 Å². The number of hydrogen-bond acceptors (Lipinski definition) is 3. The van der Waals surface area contributed by atoms with Gasteiger partial charge in [-0.2, -0.15) is 0 Å². The molecular weight excluding hydrogens is 246 g/mol. The molecule has 0 bridgehead atoms. The Morgan fingerprint density at radius 2 is 2.28 bits per heavy atom. The monoisotopic (exact) mass is 261 g/mol. The molecule has 2 aromatic heterocycles. The van der Waals surface area contributed by atoms with Gasteiger partial charge >= 0.3 is 0 Å². The molecule has 4 heteroatoms. The molecule has 0 aliphatic heterocycles. The lowest BCUT2D eigenvalue weighted by atomic mass is 10.2. The van der Waals surface area contributed by atoms with Gasteiger partial charge in [-0.1, -0.05) is 6.07 Å². The van der Waals surface area contributed by atoms with Crippen molar-refractivity contribution in [3.8, 4) is 0 Å². The third kappa shape index (κ3) is 3.34. The predicted molar refractivity (Wildman–Crippen MR) is 73.4 cm³/mol. The Labute approximate surface area is 110 Å². The summed E-state index contributed by atoms with van der Waals surface area (Å²) in [5.74, 6) is 1.40. The number of carbonyl (C=O) groups excluding carboxylic acids is 1. The van der Waals surface area contributed by atoms with Crippen LogP contribution in [0.3, 0.4) is 0 Å². The molecule has 0 saturated heterocycles. The zero-order valence-corrected chi connectivity index (χ0v) is 11.2. The molecule has 0 aliphatic carbocycles. The summed E-state index contributed by atoms with van der Waals surface area (Å²) in [6.45, 7) is 3.84. The van der Waals surface area contributed by atoms with Crippen LogP contribution in [0.2, 0.25) is 0 Å². The van der Waals surface area contributed by atoms with Crippen molar-refractivity contribution in [3.63, 3.8) is 0 Å². The maximum absolute atomic E-state index is 11.7. The molecule has 2 heterocycles. The standard InChI is InChI=1S/C14H15NO2S/c1-10-5-6-12(17-10)7-8-14(16)15-11(2)13-4-3-9-18-13/h3-9,11H,1-2H3,(H,15,16)/b8-7+. The first-order valence-corrected chi connectivity index (χ1v) is 6.61. The van der Waals surface area contributed by atoms with Crippen LogP contribution in [0.15, 0.2) is 40.1 Å². The Hall–Kier alpha value is -1.81. The summed E-state index contributed by atoms with van der Waals surface area (Å²) in [6, 6.07) is 7.72. The van der Waals surface area contributed by atoms with Gasteiger partial charge in [-0.25, -0.2) is 0 Å². The summed E-state index contributed by atoms with van der Waals surface area (Å²) in [5, 5.41) is 4.90. The molecular formula is C14H15NO2S. The quantitative estimate of drug-likeness (QED) is 0.855. The third-order valence-electron chi connectivity index (χ3n) is 2.49. The average Bonchev–Trinajstić information content (AvgIpc) is 2.97. The molecule has 0 aromatic carbocycles. The summed E-state index contributed by atoms with van der Waals surface area (Å²) < 4.78 is 5.35. The second kappa shape index (κ2) is 5.69. The first kappa shape index (κ1) is 12.6. The number of aryl methyl sites for hydroxylation is 1. The number of amides is 1. The fraction of sp³-hybridized carbons (Fsp3) is 0.214. The van der Waals surface area contributed by atoms with E-state index in [2.05, 4.69) is 5.32 Å². The highest BCUT2D eigenvalue weighted by Gasteiger charge is 2.07. The lowest BCUT2D eigenvalue weighted by Crippen LogP contribution is -2.23. The van der Waals surface area contributed by atoms with Crippen LogP contribution in [0.5, 0.6) is 0 Å². The molecule has 1 amide bonds. The zero-order chi connectivity index (χ0) is 13.0. The third-order valence-corrected chi connectivity index (χ3v) is 3.54. The van der Waals surface area contributed by atoms with Crippen LogP contribution in [0.25, 0.3) is 6.08 Å². The van der Waals surface area contributed by atoms with E-state index in [-0.39, 0.29) is 11.9 Å². The van der Waals surface area contributed by atoms with Crippen molar-refractivity contribution >= 4 is 23.3 Å². The Bertz CT molecular complexity index is 540. The number of thiophene rings is 1. The SMILES string of the molecule is Cc1ccc(/C=C/C(=O)NC(C)c2cccs2)o1. The van der Waals surface area contributed by atoms with Crippen molar-refractivity contribution < 1.29 is 9.21 Å². The molecule has 3 nitrogen and oxygen atoms in total. The summed E-state index contributed by atoms with van der Waals surface area (Å²) in [7, 11) is 0. The van der Waals surface area contributed by atoms with Crippen LogP contribution in [0.1, 0.15) is 29.4 Å². The fourth-order valence-electron chi connectivity index (χ4n) is 1.57. The first-order chi connectivity index (χ1) is 8.65. The van der Waals surface area contributed by atoms with Gasteiger partial charge in [-0.15, -0.1) is 11.3 Å². The first-order valence-electron chi connectivity index (χ1n) is 5.73. The Morgan fingerprint density at radius 3 is 2.89 bits per heavy atom. The highest BCUT2D eigenvalue weighted by atomic mass is 32.1. The van der Waals surface area contributed by atoms with E-state index < -0.39 is 0 Å². The summed E-state index contributed by atoms with van der Waals surface area (Å²) in [6.07, 6.45) is 3.16. The smallest absolute Gasteiger partial charge is 0.244 e. The van der Waals surface area contributed by atoms with Gasteiger partial charge in [0, 0.05) is 11.0 Å². The molecule has 94 valence electrons. The molecule has 1 atom stereocenters. The summed E-state index contributed by atoms with van der Waals surface area (Å²) in [5.41, 5.74) is 0. The van der Waals surface area contributed by atoms with Crippen LogP contribution in [0.4, 0.5) is 0 Å². The van der Waals surface area contributed by atoms with Gasteiger partial charge in [-0.05, 0) is 43.5 Å². The van der Waals surface area contributed by atoms with E-state index >= 15 is 0 Å². The van der Waals surface area contributed by atoms with Crippen molar-refractivity contribution in [1.82, 2.24) is 5.32 Å². The van der Waals surface area contributed by atoms with E-state index in [1.807, 2.05) is 43.5 Å². The van der Waals surface area contributed by atoms with Crippen molar-refractivity contribution in [2.45, 2.75) is 19.9 Å². The number of rotatable bonds is 4. The van der Waals surface area contributed by atoms with E-state index in [4.69, 9.17) is 4.42 Å². The number of hydrogen-bond donors (Lipinski definition) is 1. The molecule has 0 fully saturated rings. The topological polar surface area (TPSA) is 42.2 Å². The van der Waals surface area contributed by atoms with Crippen LogP contribution in [-0.4, -0.2) is 5.91 Å². The Morgan fingerprint density at radius 1 is 1.44 bits per heavy atom. The van der Waals surface area contributed by atoms with Gasteiger partial charge < -0.3 is 9.73 Å². The molecule has 0 spiro atoms. The molecule has 2 rings (SSSR count). The van der Waals surface area contributed by atoms with Crippen LogP contribution in [-0.2, 0) is 4.79 Å². The minimum Gasteiger partial charge on any atom is -0.462 e. The fourth-order valence-corrected chi connectivity index (χ4v) is 2.31. The van der Waals surface area contributed by atoms with Crippen LogP contribution < -0.4 is 5.32 Å². The Balaban J connectivity index is 1.91. The summed E-state index contributed by atoms with van der Waals surface area (Å²) >= 11 is 1.63. The minimum atomic E-state index is -0.120. The lowest BCUT2D eigenvalue weighted by Gasteiger charge is -2.09. The van der Waals surface area contributed by atoms with Gasteiger partial charge in [0.25, 0.3) is 0 Å². The second-order valence-corrected chi connectivity index (χ2v) is 5.01. The van der Waals surface area contributed by atoms with E-state index in [0.29, 0.717) is 5.76 Å². The number of nitrogens with one attached hydrogen (secondary N) is 1. The highest BCUT2D eigenvalue weighted by molar-refractivity contribution is 7.10. The van der Waals surface area contributed by atoms with Gasteiger partial charge in [-0.3, -0.25) is 4.79 Å². The normalized spacial score (nSPS) is 12.8. The highest BCUT2D eigenvalue weighted by Crippen LogP contribution is 2.18. The summed E-state index contributed by atoms with van der Waals surface area (Å²) in [4.78, 5) is 12.8. The van der Waals surface area contributed by atoms with Crippen molar-refractivity contribution in [3.05, 3.63) is 52.1 Å². The predicted octanol–water partition coefficient (Wildman–Crippen LogP) is 3.54. The van der Waals surface area contributed by atoms with Gasteiger partial charge in [0.2, 0.25) is 5.91 Å². The molecule has 1 unspecified atom stereocenters.